The normalized spacial score (nSPS) is 16.5. The smallest absolute Gasteiger partial charge is 0.328 e. The molecule has 0 spiro atoms. The van der Waals surface area contributed by atoms with Gasteiger partial charge in [-0.25, -0.2) is 4.79 Å². The van der Waals surface area contributed by atoms with Gasteiger partial charge in [0.1, 0.15) is 12.3 Å². The molecule has 0 aromatic rings. The van der Waals surface area contributed by atoms with Gasteiger partial charge in [-0.1, -0.05) is 11.8 Å². The lowest BCUT2D eigenvalue weighted by atomic mass is 10.2. The molecule has 4 nitrogen and oxygen atoms in total. The highest BCUT2D eigenvalue weighted by molar-refractivity contribution is 8.05. The Hall–Kier alpha value is -0.590. The third-order valence-corrected chi connectivity index (χ3v) is 2.92. The molecule has 84 valence electrons. The van der Waals surface area contributed by atoms with E-state index in [2.05, 4.69) is 0 Å². The summed E-state index contributed by atoms with van der Waals surface area (Å²) in [4.78, 5) is 11.4. The highest BCUT2D eigenvalue weighted by Crippen LogP contribution is 2.22. The standard InChI is InChI=1S/C9H13NO3S2/c1-14-4-2-7(10)9(11)13-8-6-12-3-5-15-8/h3,5-7H,2,4,10H2,1H3/t7-/m0/s1. The molecule has 1 heterocycles. The van der Waals surface area contributed by atoms with Crippen molar-refractivity contribution < 1.29 is 14.3 Å². The van der Waals surface area contributed by atoms with Crippen LogP contribution in [0.3, 0.4) is 0 Å². The van der Waals surface area contributed by atoms with E-state index in [1.165, 1.54) is 24.3 Å². The molecular weight excluding hydrogens is 234 g/mol. The van der Waals surface area contributed by atoms with Gasteiger partial charge in [-0.05, 0) is 18.4 Å². The number of hydrogen-bond donors (Lipinski definition) is 1. The molecule has 0 saturated carbocycles. The monoisotopic (exact) mass is 247 g/mol. The zero-order chi connectivity index (χ0) is 11.1. The topological polar surface area (TPSA) is 61.6 Å². The summed E-state index contributed by atoms with van der Waals surface area (Å²) < 4.78 is 9.88. The molecule has 0 aromatic carbocycles. The minimum atomic E-state index is -0.565. The Kier molecular flexibility index (Phi) is 5.67. The molecule has 0 fully saturated rings. The van der Waals surface area contributed by atoms with Crippen LogP contribution in [0.5, 0.6) is 0 Å². The average molecular weight is 247 g/mol. The van der Waals surface area contributed by atoms with Gasteiger partial charge in [0.25, 0.3) is 0 Å². The van der Waals surface area contributed by atoms with Crippen LogP contribution in [0.15, 0.2) is 23.0 Å². The van der Waals surface area contributed by atoms with Gasteiger partial charge in [0.15, 0.2) is 0 Å². The van der Waals surface area contributed by atoms with Crippen LogP contribution >= 0.6 is 23.5 Å². The summed E-state index contributed by atoms with van der Waals surface area (Å²) in [6, 6.07) is -0.565. The van der Waals surface area contributed by atoms with Crippen molar-refractivity contribution in [1.29, 1.82) is 0 Å². The van der Waals surface area contributed by atoms with E-state index in [0.717, 1.165) is 5.75 Å². The van der Waals surface area contributed by atoms with E-state index in [9.17, 15) is 4.79 Å². The first-order valence-corrected chi connectivity index (χ1v) is 6.65. The molecule has 0 radical (unpaired) electrons. The molecule has 1 atom stereocenters. The molecule has 0 saturated heterocycles. The van der Waals surface area contributed by atoms with Crippen LogP contribution in [0.2, 0.25) is 0 Å². The van der Waals surface area contributed by atoms with E-state index in [1.807, 2.05) is 6.26 Å². The number of hydrogen-bond acceptors (Lipinski definition) is 6. The fourth-order valence-corrected chi connectivity index (χ4v) is 1.82. The van der Waals surface area contributed by atoms with Crippen molar-refractivity contribution >= 4 is 29.5 Å². The number of carbonyl (C=O) groups excluding carboxylic acids is 1. The average Bonchev–Trinajstić information content (AvgIpc) is 2.27. The fourth-order valence-electron chi connectivity index (χ4n) is 0.835. The molecule has 0 aromatic heterocycles. The number of esters is 1. The molecule has 15 heavy (non-hydrogen) atoms. The second kappa shape index (κ2) is 6.81. The Morgan fingerprint density at radius 2 is 2.60 bits per heavy atom. The maximum atomic E-state index is 11.4. The Balaban J connectivity index is 2.31. The number of carbonyl (C=O) groups is 1. The lowest BCUT2D eigenvalue weighted by molar-refractivity contribution is -0.140. The Morgan fingerprint density at radius 3 is 3.20 bits per heavy atom. The van der Waals surface area contributed by atoms with Crippen LogP contribution in [0.1, 0.15) is 6.42 Å². The second-order valence-electron chi connectivity index (χ2n) is 2.77. The van der Waals surface area contributed by atoms with Gasteiger partial charge in [0, 0.05) is 5.41 Å². The van der Waals surface area contributed by atoms with E-state index < -0.39 is 12.0 Å². The first kappa shape index (κ1) is 12.5. The molecule has 0 unspecified atom stereocenters. The summed E-state index contributed by atoms with van der Waals surface area (Å²) in [5.74, 6) is 0.431. The van der Waals surface area contributed by atoms with E-state index in [-0.39, 0.29) is 0 Å². The maximum absolute atomic E-state index is 11.4. The highest BCUT2D eigenvalue weighted by Gasteiger charge is 2.17. The minimum absolute atomic E-state index is 0.415. The predicted octanol–water partition coefficient (Wildman–Crippen LogP) is 1.64. The van der Waals surface area contributed by atoms with Crippen molar-refractivity contribution in [1.82, 2.24) is 0 Å². The number of thioether (sulfide) groups is 2. The first-order valence-electron chi connectivity index (χ1n) is 4.37. The van der Waals surface area contributed by atoms with Crippen molar-refractivity contribution in [2.75, 3.05) is 12.0 Å². The molecule has 6 heteroatoms. The lowest BCUT2D eigenvalue weighted by Gasteiger charge is -2.12. The van der Waals surface area contributed by atoms with E-state index >= 15 is 0 Å². The number of ether oxygens (including phenoxy) is 2. The molecular formula is C9H13NO3S2. The summed E-state index contributed by atoms with van der Waals surface area (Å²) in [6.07, 6.45) is 5.48. The predicted molar refractivity (Wildman–Crippen MR) is 63.0 cm³/mol. The van der Waals surface area contributed by atoms with Gasteiger partial charge >= 0.3 is 5.97 Å². The van der Waals surface area contributed by atoms with Gasteiger partial charge in [-0.3, -0.25) is 0 Å². The van der Waals surface area contributed by atoms with Gasteiger partial charge in [0.05, 0.1) is 6.26 Å². The summed E-state index contributed by atoms with van der Waals surface area (Å²) in [6.45, 7) is 0. The number of nitrogens with two attached hydrogens (primary N) is 1. The van der Waals surface area contributed by atoms with Gasteiger partial charge in [-0.15, -0.1) is 0 Å². The maximum Gasteiger partial charge on any atom is 0.328 e. The Morgan fingerprint density at radius 1 is 1.80 bits per heavy atom. The van der Waals surface area contributed by atoms with Crippen LogP contribution in [0.25, 0.3) is 0 Å². The van der Waals surface area contributed by atoms with Crippen LogP contribution in [0, 0.1) is 0 Å². The molecule has 1 rings (SSSR count). The van der Waals surface area contributed by atoms with Gasteiger partial charge in [-0.2, -0.15) is 11.8 Å². The van der Waals surface area contributed by atoms with E-state index in [0.29, 0.717) is 11.5 Å². The van der Waals surface area contributed by atoms with Crippen molar-refractivity contribution in [2.24, 2.45) is 5.73 Å². The van der Waals surface area contributed by atoms with Gasteiger partial charge in [0.2, 0.25) is 5.09 Å². The molecule has 0 aliphatic carbocycles. The second-order valence-corrected chi connectivity index (χ2v) is 4.67. The summed E-state index contributed by atoms with van der Waals surface area (Å²) in [5, 5.41) is 2.11. The fraction of sp³-hybridized carbons (Fsp3) is 0.444. The van der Waals surface area contributed by atoms with E-state index in [1.54, 1.807) is 17.2 Å². The molecule has 0 bridgehead atoms. The minimum Gasteiger partial charge on any atom is -0.468 e. The van der Waals surface area contributed by atoms with Gasteiger partial charge < -0.3 is 15.2 Å². The largest absolute Gasteiger partial charge is 0.468 e. The third kappa shape index (κ3) is 4.63. The summed E-state index contributed by atoms with van der Waals surface area (Å²) in [7, 11) is 0. The Bertz CT molecular complexity index is 279. The molecule has 2 N–H and O–H groups in total. The molecule has 1 aliphatic rings. The zero-order valence-corrected chi connectivity index (χ0v) is 9.98. The number of rotatable bonds is 5. The van der Waals surface area contributed by atoms with Crippen LogP contribution in [-0.2, 0) is 14.3 Å². The van der Waals surface area contributed by atoms with Crippen molar-refractivity contribution in [2.45, 2.75) is 12.5 Å². The molecule has 0 amide bonds. The summed E-state index contributed by atoms with van der Waals surface area (Å²) >= 11 is 2.93. The van der Waals surface area contributed by atoms with Crippen molar-refractivity contribution in [3.63, 3.8) is 0 Å². The van der Waals surface area contributed by atoms with E-state index in [4.69, 9.17) is 15.2 Å². The summed E-state index contributed by atoms with van der Waals surface area (Å²) in [5.41, 5.74) is 5.64. The third-order valence-electron chi connectivity index (χ3n) is 1.62. The quantitative estimate of drug-likeness (QED) is 0.745. The zero-order valence-electron chi connectivity index (χ0n) is 8.34. The highest BCUT2D eigenvalue weighted by atomic mass is 32.2. The first-order chi connectivity index (χ1) is 7.24. The van der Waals surface area contributed by atoms with Crippen LogP contribution < -0.4 is 5.73 Å². The lowest BCUT2D eigenvalue weighted by Crippen LogP contribution is -2.32. The SMILES string of the molecule is CSCC[C@H](N)C(=O)OC1=COC=CS1. The van der Waals surface area contributed by atoms with Crippen LogP contribution in [-0.4, -0.2) is 24.0 Å². The molecule has 1 aliphatic heterocycles. The van der Waals surface area contributed by atoms with Crippen molar-refractivity contribution in [3.8, 4) is 0 Å². The Labute approximate surface area is 97.2 Å². The van der Waals surface area contributed by atoms with Crippen molar-refractivity contribution in [3.05, 3.63) is 23.0 Å². The van der Waals surface area contributed by atoms with Crippen LogP contribution in [0.4, 0.5) is 0 Å².